The number of aromatic nitrogens is 2. The first kappa shape index (κ1) is 20.0. The van der Waals surface area contributed by atoms with Gasteiger partial charge in [-0.1, -0.05) is 30.3 Å². The predicted molar refractivity (Wildman–Crippen MR) is 103 cm³/mol. The summed E-state index contributed by atoms with van der Waals surface area (Å²) in [6.45, 7) is -1.11. The third kappa shape index (κ3) is 4.57. The fourth-order valence-electron chi connectivity index (χ4n) is 2.76. The summed E-state index contributed by atoms with van der Waals surface area (Å²) in [4.78, 5) is 49.7. The van der Waals surface area contributed by atoms with Crippen molar-refractivity contribution in [3.63, 3.8) is 0 Å². The van der Waals surface area contributed by atoms with Gasteiger partial charge in [-0.15, -0.1) is 0 Å². The molecule has 0 unspecified atom stereocenters. The molecular weight excluding hydrogens is 381 g/mol. The van der Waals surface area contributed by atoms with Crippen LogP contribution in [-0.2, 0) is 27.4 Å². The maximum Gasteiger partial charge on any atom is 0.328 e. The molecule has 0 aliphatic rings. The number of hydrogen-bond donors (Lipinski definition) is 1. The van der Waals surface area contributed by atoms with Crippen molar-refractivity contribution < 1.29 is 18.7 Å². The van der Waals surface area contributed by atoms with E-state index < -0.39 is 42.0 Å². The molecule has 1 N–H and O–H groups in total. The van der Waals surface area contributed by atoms with E-state index in [-0.39, 0.29) is 17.3 Å². The summed E-state index contributed by atoms with van der Waals surface area (Å²) in [6, 6.07) is 12.2. The summed E-state index contributed by atoms with van der Waals surface area (Å²) in [5.74, 6) is -1.85. The Bertz CT molecular complexity index is 1180. The number of aromatic amines is 1. The fourth-order valence-corrected chi connectivity index (χ4v) is 2.76. The first-order chi connectivity index (χ1) is 13.9. The van der Waals surface area contributed by atoms with Gasteiger partial charge in [-0.3, -0.25) is 24.3 Å². The van der Waals surface area contributed by atoms with Crippen LogP contribution in [0.2, 0.25) is 0 Å². The summed E-state index contributed by atoms with van der Waals surface area (Å²) < 4.78 is 19.4. The minimum Gasteiger partial charge on any atom is -0.454 e. The number of halogens is 1. The molecule has 0 radical (unpaired) electrons. The Hall–Kier alpha value is -3.75. The van der Waals surface area contributed by atoms with E-state index in [9.17, 15) is 23.6 Å². The van der Waals surface area contributed by atoms with Crippen LogP contribution < -0.4 is 11.1 Å². The summed E-state index contributed by atoms with van der Waals surface area (Å²) >= 11 is 0. The summed E-state index contributed by atoms with van der Waals surface area (Å²) in [5, 5.41) is 2.70. The van der Waals surface area contributed by atoms with Crippen LogP contribution in [0.4, 0.5) is 4.39 Å². The Morgan fingerprint density at radius 3 is 2.45 bits per heavy atom. The molecule has 9 heteroatoms. The van der Waals surface area contributed by atoms with Crippen molar-refractivity contribution in [3.8, 4) is 0 Å². The summed E-state index contributed by atoms with van der Waals surface area (Å²) in [6.07, 6.45) is 0. The van der Waals surface area contributed by atoms with Gasteiger partial charge in [0.1, 0.15) is 12.4 Å². The molecule has 1 amide bonds. The lowest BCUT2D eigenvalue weighted by Crippen LogP contribution is -2.35. The van der Waals surface area contributed by atoms with Crippen LogP contribution in [0.5, 0.6) is 0 Å². The lowest BCUT2D eigenvalue weighted by Gasteiger charge is -2.17. The second kappa shape index (κ2) is 8.51. The van der Waals surface area contributed by atoms with Gasteiger partial charge < -0.3 is 9.64 Å². The average molecular weight is 399 g/mol. The lowest BCUT2D eigenvalue weighted by atomic mass is 10.2. The summed E-state index contributed by atoms with van der Waals surface area (Å²) in [5.41, 5.74) is -0.746. The van der Waals surface area contributed by atoms with Crippen LogP contribution in [0, 0.1) is 5.82 Å². The average Bonchev–Trinajstić information content (AvgIpc) is 2.71. The normalized spacial score (nSPS) is 10.7. The number of carbonyl (C=O) groups is 2. The maximum absolute atomic E-state index is 13.7. The number of esters is 1. The Morgan fingerprint density at radius 2 is 1.72 bits per heavy atom. The second-order valence-corrected chi connectivity index (χ2v) is 6.38. The van der Waals surface area contributed by atoms with Gasteiger partial charge in [-0.05, 0) is 18.2 Å². The van der Waals surface area contributed by atoms with Crippen molar-refractivity contribution in [1.82, 2.24) is 14.7 Å². The topological polar surface area (TPSA) is 101 Å². The van der Waals surface area contributed by atoms with Crippen molar-refractivity contribution >= 4 is 22.6 Å². The Labute approximate surface area is 164 Å². The first-order valence-corrected chi connectivity index (χ1v) is 8.71. The van der Waals surface area contributed by atoms with Crippen LogP contribution >= 0.6 is 0 Å². The van der Waals surface area contributed by atoms with Crippen molar-refractivity contribution in [3.05, 3.63) is 80.6 Å². The molecule has 3 aromatic rings. The zero-order valence-corrected chi connectivity index (χ0v) is 15.6. The quantitative estimate of drug-likeness (QED) is 0.624. The van der Waals surface area contributed by atoms with E-state index in [1.807, 2.05) is 0 Å². The number of ether oxygens (including phenoxy) is 1. The number of nitrogens with one attached hydrogen (secondary N) is 1. The SMILES string of the molecule is CN(Cc1ccccc1F)C(=O)COC(=O)Cn1[nH]c(=O)c2ccccc2c1=O. The highest BCUT2D eigenvalue weighted by molar-refractivity contribution is 5.81. The van der Waals surface area contributed by atoms with Crippen molar-refractivity contribution in [2.75, 3.05) is 13.7 Å². The van der Waals surface area contributed by atoms with Crippen LogP contribution in [0.1, 0.15) is 5.56 Å². The highest BCUT2D eigenvalue weighted by atomic mass is 19.1. The third-order valence-electron chi connectivity index (χ3n) is 4.32. The highest BCUT2D eigenvalue weighted by Crippen LogP contribution is 2.09. The van der Waals surface area contributed by atoms with Crippen molar-refractivity contribution in [2.24, 2.45) is 0 Å². The third-order valence-corrected chi connectivity index (χ3v) is 4.32. The molecule has 0 fully saturated rings. The number of rotatable bonds is 6. The number of hydrogen-bond acceptors (Lipinski definition) is 5. The second-order valence-electron chi connectivity index (χ2n) is 6.38. The van der Waals surface area contributed by atoms with Gasteiger partial charge in [0, 0.05) is 19.2 Å². The minimum absolute atomic E-state index is 0.0144. The zero-order chi connectivity index (χ0) is 21.0. The smallest absolute Gasteiger partial charge is 0.328 e. The number of fused-ring (bicyclic) bond motifs is 1. The molecule has 29 heavy (non-hydrogen) atoms. The molecule has 0 saturated carbocycles. The van der Waals surface area contributed by atoms with E-state index in [1.54, 1.807) is 30.3 Å². The predicted octanol–water partition coefficient (Wildman–Crippen LogP) is 1.03. The number of nitrogens with zero attached hydrogens (tertiary/aromatic N) is 2. The van der Waals surface area contributed by atoms with Crippen LogP contribution in [0.3, 0.4) is 0 Å². The van der Waals surface area contributed by atoms with E-state index in [2.05, 4.69) is 5.10 Å². The van der Waals surface area contributed by atoms with Crippen molar-refractivity contribution in [1.29, 1.82) is 0 Å². The van der Waals surface area contributed by atoms with E-state index >= 15 is 0 Å². The molecule has 3 rings (SSSR count). The monoisotopic (exact) mass is 399 g/mol. The van der Waals surface area contributed by atoms with Crippen LogP contribution in [-0.4, -0.2) is 40.2 Å². The molecule has 8 nitrogen and oxygen atoms in total. The Morgan fingerprint density at radius 1 is 1.07 bits per heavy atom. The minimum atomic E-state index is -0.870. The van der Waals surface area contributed by atoms with Gasteiger partial charge in [-0.2, -0.15) is 0 Å². The number of carbonyl (C=O) groups excluding carboxylic acids is 2. The molecule has 0 saturated heterocycles. The molecule has 0 atom stereocenters. The van der Waals surface area contributed by atoms with Gasteiger partial charge in [0.25, 0.3) is 17.0 Å². The number of likely N-dealkylation sites (N-methyl/N-ethyl adjacent to an activating group) is 1. The van der Waals surface area contributed by atoms with E-state index in [0.29, 0.717) is 5.56 Å². The number of benzene rings is 2. The molecule has 1 heterocycles. The molecule has 1 aromatic heterocycles. The largest absolute Gasteiger partial charge is 0.454 e. The zero-order valence-electron chi connectivity index (χ0n) is 15.6. The fraction of sp³-hybridized carbons (Fsp3) is 0.200. The van der Waals surface area contributed by atoms with Gasteiger partial charge >= 0.3 is 5.97 Å². The summed E-state index contributed by atoms with van der Waals surface area (Å²) in [7, 11) is 1.45. The van der Waals surface area contributed by atoms with Crippen LogP contribution in [0.25, 0.3) is 10.8 Å². The Balaban J connectivity index is 1.61. The number of amides is 1. The van der Waals surface area contributed by atoms with Crippen LogP contribution in [0.15, 0.2) is 58.1 Å². The number of H-pyrrole nitrogens is 1. The molecule has 0 spiro atoms. The molecule has 2 aromatic carbocycles. The Kier molecular flexibility index (Phi) is 5.87. The molecule has 0 aliphatic heterocycles. The molecule has 0 bridgehead atoms. The maximum atomic E-state index is 13.7. The van der Waals surface area contributed by atoms with E-state index in [0.717, 1.165) is 4.68 Å². The lowest BCUT2D eigenvalue weighted by molar-refractivity contribution is -0.152. The van der Waals surface area contributed by atoms with E-state index in [4.69, 9.17) is 4.74 Å². The molecule has 150 valence electrons. The standard InChI is InChI=1S/C20H18FN3O5/c1-23(10-13-6-2-5-9-16(13)21)17(25)12-29-18(26)11-24-20(28)15-8-4-3-7-14(15)19(27)22-24/h2-9H,10-12H2,1H3,(H,22,27). The molecular formula is C20H18FN3O5. The first-order valence-electron chi connectivity index (χ1n) is 8.71. The van der Waals surface area contributed by atoms with Crippen molar-refractivity contribution in [2.45, 2.75) is 13.1 Å². The van der Waals surface area contributed by atoms with Gasteiger partial charge in [0.15, 0.2) is 6.61 Å². The molecule has 0 aliphatic carbocycles. The van der Waals surface area contributed by atoms with Gasteiger partial charge in [-0.25, -0.2) is 9.07 Å². The van der Waals surface area contributed by atoms with Gasteiger partial charge in [0.2, 0.25) is 0 Å². The highest BCUT2D eigenvalue weighted by Gasteiger charge is 2.16. The van der Waals surface area contributed by atoms with E-state index in [1.165, 1.54) is 30.1 Å². The van der Waals surface area contributed by atoms with Gasteiger partial charge in [0.05, 0.1) is 10.8 Å².